The topological polar surface area (TPSA) is 190 Å². The highest BCUT2D eigenvalue weighted by Gasteiger charge is 2.10. The highest BCUT2D eigenvalue weighted by molar-refractivity contribution is 7.99. The Morgan fingerprint density at radius 2 is 0.544 bits per heavy atom. The Morgan fingerprint density at radius 1 is 0.316 bits per heavy atom. The molecule has 6 N–H and O–H groups in total. The van der Waals surface area contributed by atoms with Crippen LogP contribution in [0.3, 0.4) is 0 Å². The van der Waals surface area contributed by atoms with Gasteiger partial charge in [0.1, 0.15) is 0 Å². The number of esters is 3. The molecule has 0 atom stereocenters. The number of amidine groups is 3. The molecule has 0 saturated carbocycles. The van der Waals surface area contributed by atoms with Crippen LogP contribution in [0.4, 0.5) is 0 Å². The number of nitrogens with zero attached hydrogens (tertiary/aromatic N) is 1. The fourth-order valence-corrected chi connectivity index (χ4v) is 11.7. The van der Waals surface area contributed by atoms with Gasteiger partial charge in [-0.2, -0.15) is 35.3 Å². The van der Waals surface area contributed by atoms with Crippen LogP contribution in [0.25, 0.3) is 0 Å². The number of nitrogens with one attached hydrogen (secondary N) is 6. The van der Waals surface area contributed by atoms with Crippen molar-refractivity contribution in [1.82, 2.24) is 20.9 Å². The number of hydrogen-bond acceptors (Lipinski definition) is 13. The molecule has 0 aromatic carbocycles. The van der Waals surface area contributed by atoms with Crippen molar-refractivity contribution in [1.29, 1.82) is 16.2 Å². The zero-order valence-corrected chi connectivity index (χ0v) is 53.8. The van der Waals surface area contributed by atoms with Crippen molar-refractivity contribution in [2.45, 2.75) is 271 Å². The summed E-state index contributed by atoms with van der Waals surface area (Å²) >= 11 is 5.24. The van der Waals surface area contributed by atoms with Gasteiger partial charge in [0.15, 0.2) is 0 Å². The maximum absolute atomic E-state index is 12.2. The molecule has 0 amide bonds. The Kier molecular flexibility index (Phi) is 61.7. The van der Waals surface area contributed by atoms with Gasteiger partial charge in [-0.05, 0) is 55.8 Å². The van der Waals surface area contributed by atoms with E-state index in [1.54, 1.807) is 35.3 Å². The van der Waals surface area contributed by atoms with Crippen LogP contribution in [0.5, 0.6) is 0 Å². The molecule has 464 valence electrons. The second-order valence-electron chi connectivity index (χ2n) is 21.7. The van der Waals surface area contributed by atoms with Crippen LogP contribution in [0, 0.1) is 16.2 Å². The molecule has 16 heteroatoms. The molecule has 0 rings (SSSR count). The van der Waals surface area contributed by atoms with Crippen molar-refractivity contribution in [2.24, 2.45) is 0 Å². The second-order valence-corrected chi connectivity index (χ2v) is 25.3. The van der Waals surface area contributed by atoms with Crippen LogP contribution in [0.1, 0.15) is 271 Å². The third kappa shape index (κ3) is 61.7. The van der Waals surface area contributed by atoms with Gasteiger partial charge in [0.05, 0.1) is 56.6 Å². The van der Waals surface area contributed by atoms with Gasteiger partial charge >= 0.3 is 17.9 Å². The van der Waals surface area contributed by atoms with E-state index in [-0.39, 0.29) is 17.9 Å². The lowest BCUT2D eigenvalue weighted by molar-refractivity contribution is -0.144. The van der Waals surface area contributed by atoms with E-state index in [1.807, 2.05) is 0 Å². The van der Waals surface area contributed by atoms with Crippen molar-refractivity contribution in [3.63, 3.8) is 0 Å². The van der Waals surface area contributed by atoms with Crippen LogP contribution in [0.2, 0.25) is 0 Å². The third-order valence-corrected chi connectivity index (χ3v) is 17.3. The summed E-state index contributed by atoms with van der Waals surface area (Å²) in [7, 11) is 0. The molecule has 0 saturated heterocycles. The highest BCUT2D eigenvalue weighted by Crippen LogP contribution is 2.15. The molecule has 13 nitrogen and oxygen atoms in total. The van der Waals surface area contributed by atoms with Gasteiger partial charge in [0.2, 0.25) is 0 Å². The van der Waals surface area contributed by atoms with Crippen LogP contribution in [-0.2, 0) is 28.6 Å². The van der Waals surface area contributed by atoms with Crippen molar-refractivity contribution in [3.05, 3.63) is 0 Å². The van der Waals surface area contributed by atoms with E-state index in [1.165, 1.54) is 154 Å². The lowest BCUT2D eigenvalue weighted by Gasteiger charge is -2.24. The largest absolute Gasteiger partial charge is 0.466 e. The lowest BCUT2D eigenvalue weighted by Crippen LogP contribution is -2.42. The molecule has 0 aromatic heterocycles. The van der Waals surface area contributed by atoms with Crippen molar-refractivity contribution in [3.8, 4) is 0 Å². The summed E-state index contributed by atoms with van der Waals surface area (Å²) in [4.78, 5) is 38.9. The van der Waals surface area contributed by atoms with E-state index in [2.05, 4.69) is 41.6 Å². The third-order valence-electron chi connectivity index (χ3n) is 14.1. The van der Waals surface area contributed by atoms with E-state index in [0.717, 1.165) is 112 Å². The van der Waals surface area contributed by atoms with Gasteiger partial charge in [-0.15, -0.1) is 0 Å². The SMILES string of the molecule is CCCCCCCCCCCCOC(=O)CCSCCCC(=N)NCCN(CCNC(=N)CCCSCCC(=O)OCCCCCCCCCCCC)CCNC(=N)CCCSCCC(=O)OCCCCCCCCCCCC. The monoisotopic (exact) mass is 1170 g/mol. The zero-order valence-electron chi connectivity index (χ0n) is 51.3. The first-order valence-corrected chi connectivity index (χ1v) is 36.0. The minimum atomic E-state index is -0.104. The number of thioether (sulfide) groups is 3. The molecule has 0 aliphatic heterocycles. The minimum Gasteiger partial charge on any atom is -0.466 e. The van der Waals surface area contributed by atoms with Gasteiger partial charge in [-0.3, -0.25) is 35.5 Å². The van der Waals surface area contributed by atoms with Crippen molar-refractivity contribution in [2.75, 3.05) is 93.6 Å². The van der Waals surface area contributed by atoms with Gasteiger partial charge < -0.3 is 30.2 Å². The summed E-state index contributed by atoms with van der Waals surface area (Å²) in [6, 6.07) is 0. The van der Waals surface area contributed by atoms with Crippen molar-refractivity contribution >= 4 is 70.7 Å². The van der Waals surface area contributed by atoms with Gasteiger partial charge in [-0.25, -0.2) is 0 Å². The molecular weight excluding hydrogens is 1050 g/mol. The summed E-state index contributed by atoms with van der Waals surface area (Å²) in [6.45, 7) is 12.5. The molecule has 0 spiro atoms. The molecule has 0 aromatic rings. The number of hydrogen-bond donors (Lipinski definition) is 6. The predicted octanol–water partition coefficient (Wildman–Crippen LogP) is 16.1. The number of rotatable bonds is 63. The first kappa shape index (κ1) is 76.8. The summed E-state index contributed by atoms with van der Waals surface area (Å²) < 4.78 is 16.4. The first-order chi connectivity index (χ1) is 38.7. The Balaban J connectivity index is 4.43. The van der Waals surface area contributed by atoms with Gasteiger partial charge in [0.25, 0.3) is 0 Å². The van der Waals surface area contributed by atoms with Crippen LogP contribution < -0.4 is 16.0 Å². The summed E-state index contributed by atoms with van der Waals surface area (Å²) in [5, 5.41) is 35.5. The molecule has 0 unspecified atom stereocenters. The molecule has 0 bridgehead atoms. The van der Waals surface area contributed by atoms with Crippen LogP contribution in [0.15, 0.2) is 0 Å². The predicted molar refractivity (Wildman–Crippen MR) is 346 cm³/mol. The Labute approximate surface area is 498 Å². The summed E-state index contributed by atoms with van der Waals surface area (Å²) in [5.41, 5.74) is 0. The van der Waals surface area contributed by atoms with E-state index in [0.29, 0.717) is 95.5 Å². The van der Waals surface area contributed by atoms with Crippen LogP contribution >= 0.6 is 35.3 Å². The lowest BCUT2D eigenvalue weighted by atomic mass is 10.1. The van der Waals surface area contributed by atoms with Gasteiger partial charge in [-0.1, -0.05) is 194 Å². The Morgan fingerprint density at radius 3 is 0.785 bits per heavy atom. The fraction of sp³-hybridized carbons (Fsp3) is 0.905. The quantitative estimate of drug-likeness (QED) is 0.0111. The van der Waals surface area contributed by atoms with E-state index in [9.17, 15) is 14.4 Å². The molecule has 0 heterocycles. The van der Waals surface area contributed by atoms with Gasteiger partial charge in [0, 0.05) is 75.8 Å². The molecule has 79 heavy (non-hydrogen) atoms. The molecule has 0 fully saturated rings. The summed E-state index contributed by atoms with van der Waals surface area (Å²) in [6.07, 6.45) is 43.9. The number of ether oxygens (including phenoxy) is 3. The standard InChI is InChI=1S/C63H123N7O6S3/c1-4-7-10-13-16-19-22-25-28-31-49-74-61(71)40-55-77-52-34-37-58(64)67-43-46-70(47-44-68-59(65)38-35-53-78-56-41-62(72)75-50-32-29-26-23-20-17-14-11-8-5-2)48-45-69-60(66)39-36-54-79-57-42-63(73)76-51-33-30-27-24-21-18-15-12-9-6-3/h4-57H2,1-3H3,(H2,64,67)(H2,65,68)(H2,66,69). The highest BCUT2D eigenvalue weighted by atomic mass is 32.2. The first-order valence-electron chi connectivity index (χ1n) is 32.6. The zero-order chi connectivity index (χ0) is 57.6. The Hall–Kier alpha value is -2.17. The molecule has 0 aliphatic carbocycles. The summed E-state index contributed by atoms with van der Waals surface area (Å²) in [5.74, 6) is 6.20. The number of carbonyl (C=O) groups excluding carboxylic acids is 3. The molecule has 0 radical (unpaired) electrons. The van der Waals surface area contributed by atoms with Crippen molar-refractivity contribution < 1.29 is 28.6 Å². The maximum atomic E-state index is 12.2. The van der Waals surface area contributed by atoms with E-state index >= 15 is 0 Å². The van der Waals surface area contributed by atoms with Crippen LogP contribution in [-0.4, -0.2) is 134 Å². The minimum absolute atomic E-state index is 0.104. The molecular formula is C63H123N7O6S3. The maximum Gasteiger partial charge on any atom is 0.306 e. The Bertz CT molecular complexity index is 1260. The van der Waals surface area contributed by atoms with E-state index in [4.69, 9.17) is 30.4 Å². The average Bonchev–Trinajstić information content (AvgIpc) is 3.43. The number of carbonyl (C=O) groups is 3. The fourth-order valence-electron chi connectivity index (χ4n) is 9.06. The van der Waals surface area contributed by atoms with E-state index < -0.39 is 0 Å². The normalized spacial score (nSPS) is 11.2. The average molecular weight is 1170 g/mol. The second kappa shape index (κ2) is 63.4. The molecule has 0 aliphatic rings. The smallest absolute Gasteiger partial charge is 0.306 e. The number of unbranched alkanes of at least 4 members (excludes halogenated alkanes) is 27.